The zero-order valence-corrected chi connectivity index (χ0v) is 12.8. The number of ether oxygens (including phenoxy) is 1. The van der Waals surface area contributed by atoms with E-state index < -0.39 is 11.3 Å². The molecule has 0 aliphatic rings. The van der Waals surface area contributed by atoms with Gasteiger partial charge in [-0.05, 0) is 37.1 Å². The van der Waals surface area contributed by atoms with Crippen LogP contribution in [-0.4, -0.2) is 24.0 Å². The summed E-state index contributed by atoms with van der Waals surface area (Å²) in [4.78, 5) is 23.4. The van der Waals surface area contributed by atoms with Crippen molar-refractivity contribution >= 4 is 11.7 Å². The number of hydrogen-bond donors (Lipinski definition) is 2. The highest BCUT2D eigenvalue weighted by Gasteiger charge is 2.28. The molecule has 0 saturated carbocycles. The zero-order valence-electron chi connectivity index (χ0n) is 12.8. The normalized spacial score (nSPS) is 11.0. The van der Waals surface area contributed by atoms with Crippen molar-refractivity contribution in [3.8, 4) is 5.75 Å². The van der Waals surface area contributed by atoms with E-state index in [1.807, 2.05) is 13.8 Å². The van der Waals surface area contributed by atoms with Gasteiger partial charge in [-0.3, -0.25) is 14.8 Å². The lowest BCUT2D eigenvalue weighted by Gasteiger charge is -2.23. The molecule has 0 saturated heterocycles. The van der Waals surface area contributed by atoms with Crippen molar-refractivity contribution in [2.45, 2.75) is 39.5 Å². The maximum Gasteiger partial charge on any atom is 0.243 e. The highest BCUT2D eigenvalue weighted by molar-refractivity contribution is 6.00. The number of methoxy groups -OCH3 is 1. The fraction of sp³-hybridized carbons (Fsp3) is 0.500. The Morgan fingerprint density at radius 1 is 1.19 bits per heavy atom. The van der Waals surface area contributed by atoms with Gasteiger partial charge in [0, 0.05) is 17.4 Å². The second-order valence-electron chi connectivity index (χ2n) is 5.68. The summed E-state index contributed by atoms with van der Waals surface area (Å²) in [5.74, 6) is 0.408. The molecular formula is C16H23NO4. The smallest absolute Gasteiger partial charge is 0.243 e. The molecule has 5 heteroatoms. The number of carbonyl (C=O) groups is 2. The van der Waals surface area contributed by atoms with Crippen LogP contribution in [0.4, 0.5) is 0 Å². The Morgan fingerprint density at radius 2 is 1.81 bits per heavy atom. The lowest BCUT2D eigenvalue weighted by atomic mass is 9.80. The van der Waals surface area contributed by atoms with Gasteiger partial charge in [0.25, 0.3) is 0 Å². The average Bonchev–Trinajstić information content (AvgIpc) is 2.50. The van der Waals surface area contributed by atoms with Crippen LogP contribution in [0.15, 0.2) is 24.3 Å². The summed E-state index contributed by atoms with van der Waals surface area (Å²) in [6, 6.07) is 7.08. The van der Waals surface area contributed by atoms with E-state index in [2.05, 4.69) is 0 Å². The number of nitrogens with one attached hydrogen (secondary N) is 1. The zero-order chi connectivity index (χ0) is 15.9. The minimum atomic E-state index is -0.482. The molecule has 0 unspecified atom stereocenters. The predicted octanol–water partition coefficient (Wildman–Crippen LogP) is 2.97. The molecule has 116 valence electrons. The maximum absolute atomic E-state index is 12.5. The molecule has 1 aromatic carbocycles. The first-order chi connectivity index (χ1) is 9.90. The molecule has 0 spiro atoms. The predicted molar refractivity (Wildman–Crippen MR) is 79.5 cm³/mol. The summed E-state index contributed by atoms with van der Waals surface area (Å²) >= 11 is 0. The van der Waals surface area contributed by atoms with E-state index in [1.54, 1.807) is 36.9 Å². The van der Waals surface area contributed by atoms with E-state index in [-0.39, 0.29) is 12.2 Å². The summed E-state index contributed by atoms with van der Waals surface area (Å²) in [5.41, 5.74) is 1.78. The van der Waals surface area contributed by atoms with Crippen molar-refractivity contribution in [1.29, 1.82) is 0 Å². The van der Waals surface area contributed by atoms with Crippen LogP contribution in [-0.2, 0) is 4.79 Å². The van der Waals surface area contributed by atoms with E-state index >= 15 is 0 Å². The van der Waals surface area contributed by atoms with Crippen LogP contribution in [0.3, 0.4) is 0 Å². The Hall–Kier alpha value is -1.88. The second-order valence-corrected chi connectivity index (χ2v) is 5.68. The number of benzene rings is 1. The molecule has 0 aliphatic carbocycles. The van der Waals surface area contributed by atoms with Crippen molar-refractivity contribution in [2.24, 2.45) is 5.41 Å². The number of carbonyl (C=O) groups excluding carboxylic acids is 2. The lowest BCUT2D eigenvalue weighted by molar-refractivity contribution is -0.129. The Bertz CT molecular complexity index is 480. The Morgan fingerprint density at radius 3 is 2.33 bits per heavy atom. The van der Waals surface area contributed by atoms with Gasteiger partial charge < -0.3 is 4.74 Å². The third kappa shape index (κ3) is 5.19. The molecule has 0 fully saturated rings. The SMILES string of the molecule is COc1ccc(C(=O)C(C)(C)CCCCC(=O)NO)cc1. The summed E-state index contributed by atoms with van der Waals surface area (Å²) in [5, 5.41) is 8.41. The van der Waals surface area contributed by atoms with Gasteiger partial charge in [0.05, 0.1) is 7.11 Å². The molecule has 0 atom stereocenters. The van der Waals surface area contributed by atoms with E-state index in [9.17, 15) is 9.59 Å². The number of ketones is 1. The van der Waals surface area contributed by atoms with Crippen LogP contribution < -0.4 is 10.2 Å². The Labute approximate surface area is 125 Å². The third-order valence-electron chi connectivity index (χ3n) is 3.55. The van der Waals surface area contributed by atoms with Crippen molar-refractivity contribution < 1.29 is 19.5 Å². The van der Waals surface area contributed by atoms with Crippen LogP contribution in [0.5, 0.6) is 5.75 Å². The molecule has 0 aliphatic heterocycles. The van der Waals surface area contributed by atoms with Gasteiger partial charge in [0.1, 0.15) is 5.75 Å². The molecule has 0 aromatic heterocycles. The number of hydroxylamine groups is 1. The van der Waals surface area contributed by atoms with Gasteiger partial charge >= 0.3 is 0 Å². The van der Waals surface area contributed by atoms with Crippen LogP contribution >= 0.6 is 0 Å². The molecule has 0 bridgehead atoms. The third-order valence-corrected chi connectivity index (χ3v) is 3.55. The van der Waals surface area contributed by atoms with E-state index in [4.69, 9.17) is 9.94 Å². The minimum absolute atomic E-state index is 0.0803. The van der Waals surface area contributed by atoms with Crippen molar-refractivity contribution in [1.82, 2.24) is 5.48 Å². The molecule has 0 radical (unpaired) electrons. The fourth-order valence-corrected chi connectivity index (χ4v) is 2.16. The summed E-state index contributed by atoms with van der Waals surface area (Å²) in [7, 11) is 1.59. The monoisotopic (exact) mass is 293 g/mol. The van der Waals surface area contributed by atoms with Gasteiger partial charge in [-0.25, -0.2) is 5.48 Å². The van der Waals surface area contributed by atoms with Gasteiger partial charge in [-0.2, -0.15) is 0 Å². The molecule has 1 rings (SSSR count). The lowest BCUT2D eigenvalue weighted by Crippen LogP contribution is -2.24. The number of amides is 1. The fourth-order valence-electron chi connectivity index (χ4n) is 2.16. The summed E-state index contributed by atoms with van der Waals surface area (Å²) in [6.45, 7) is 3.82. The molecule has 0 heterocycles. The minimum Gasteiger partial charge on any atom is -0.497 e. The number of rotatable bonds is 8. The van der Waals surface area contributed by atoms with Gasteiger partial charge in [-0.15, -0.1) is 0 Å². The maximum atomic E-state index is 12.5. The molecule has 21 heavy (non-hydrogen) atoms. The van der Waals surface area contributed by atoms with Gasteiger partial charge in [0.15, 0.2) is 5.78 Å². The molecule has 2 N–H and O–H groups in total. The first-order valence-corrected chi connectivity index (χ1v) is 7.02. The average molecular weight is 293 g/mol. The summed E-state index contributed by atoms with van der Waals surface area (Å²) < 4.78 is 5.08. The number of Topliss-reactive ketones (excluding diaryl/α,β-unsaturated/α-hetero) is 1. The first-order valence-electron chi connectivity index (χ1n) is 7.02. The number of unbranched alkanes of at least 4 members (excludes halogenated alkanes) is 1. The highest BCUT2D eigenvalue weighted by Crippen LogP contribution is 2.29. The molecule has 5 nitrogen and oxygen atoms in total. The quantitative estimate of drug-likeness (QED) is 0.334. The van der Waals surface area contributed by atoms with Gasteiger partial charge in [-0.1, -0.05) is 20.3 Å². The van der Waals surface area contributed by atoms with Crippen molar-refractivity contribution in [3.63, 3.8) is 0 Å². The van der Waals surface area contributed by atoms with Crippen molar-refractivity contribution in [2.75, 3.05) is 7.11 Å². The van der Waals surface area contributed by atoms with E-state index in [0.717, 1.165) is 12.2 Å². The largest absolute Gasteiger partial charge is 0.497 e. The Balaban J connectivity index is 2.55. The van der Waals surface area contributed by atoms with Crippen molar-refractivity contribution in [3.05, 3.63) is 29.8 Å². The molecule has 1 amide bonds. The summed E-state index contributed by atoms with van der Waals surface area (Å²) in [6.07, 6.45) is 2.36. The number of hydrogen-bond acceptors (Lipinski definition) is 4. The van der Waals surface area contributed by atoms with Crippen LogP contribution in [0.25, 0.3) is 0 Å². The molecule has 1 aromatic rings. The highest BCUT2D eigenvalue weighted by atomic mass is 16.5. The Kier molecular flexibility index (Phi) is 6.37. The standard InChI is InChI=1S/C16H23NO4/c1-16(2,11-5-4-6-14(18)17-20)15(19)12-7-9-13(21-3)10-8-12/h7-10,20H,4-6,11H2,1-3H3,(H,17,18). The van der Waals surface area contributed by atoms with Gasteiger partial charge in [0.2, 0.25) is 5.91 Å². The van der Waals surface area contributed by atoms with Crippen LogP contribution in [0.2, 0.25) is 0 Å². The van der Waals surface area contributed by atoms with E-state index in [1.165, 1.54) is 0 Å². The van der Waals surface area contributed by atoms with Crippen LogP contribution in [0, 0.1) is 5.41 Å². The second kappa shape index (κ2) is 7.78. The molecular weight excluding hydrogens is 270 g/mol. The van der Waals surface area contributed by atoms with E-state index in [0.29, 0.717) is 18.4 Å². The first kappa shape index (κ1) is 17.2. The topological polar surface area (TPSA) is 75.6 Å². The van der Waals surface area contributed by atoms with Crippen LogP contribution in [0.1, 0.15) is 49.9 Å².